The summed E-state index contributed by atoms with van der Waals surface area (Å²) < 4.78 is 16.3. The van der Waals surface area contributed by atoms with Gasteiger partial charge in [0.2, 0.25) is 0 Å². The maximum atomic E-state index is 14.3. The molecule has 1 aromatic heterocycles. The number of phenolic OH excluding ortho intramolecular Hbond substituents is 1. The van der Waals surface area contributed by atoms with Gasteiger partial charge in [0, 0.05) is 28.2 Å². The van der Waals surface area contributed by atoms with E-state index < -0.39 is 11.6 Å². The summed E-state index contributed by atoms with van der Waals surface area (Å²) in [6.45, 7) is 1.85. The van der Waals surface area contributed by atoms with Crippen LogP contribution in [0.25, 0.3) is 27.7 Å². The van der Waals surface area contributed by atoms with Crippen LogP contribution in [-0.2, 0) is 0 Å². The van der Waals surface area contributed by atoms with Gasteiger partial charge in [-0.2, -0.15) is 0 Å². The summed E-state index contributed by atoms with van der Waals surface area (Å²) >= 11 is 0. The quantitative estimate of drug-likeness (QED) is 0.337. The Hall–Kier alpha value is -3.64. The maximum absolute atomic E-state index is 14.3. The highest BCUT2D eigenvalue weighted by Crippen LogP contribution is 2.48. The van der Waals surface area contributed by atoms with Crippen molar-refractivity contribution in [3.8, 4) is 22.6 Å². The zero-order valence-electron chi connectivity index (χ0n) is 18.8. The molecule has 4 aromatic rings. The van der Waals surface area contributed by atoms with Crippen LogP contribution in [0.4, 0.5) is 4.39 Å². The molecule has 1 saturated carbocycles. The number of fused-ring (bicyclic) bond motifs is 1. The number of carbonyl (C=O) groups is 1. The van der Waals surface area contributed by atoms with Crippen LogP contribution < -0.4 is 0 Å². The molecule has 0 unspecified atom stereocenters. The predicted octanol–water partition coefficient (Wildman–Crippen LogP) is 6.25. The van der Waals surface area contributed by atoms with Crippen molar-refractivity contribution < 1.29 is 24.5 Å². The second-order valence-corrected chi connectivity index (χ2v) is 9.40. The number of nitrogens with zero attached hydrogens (tertiary/aromatic N) is 1. The van der Waals surface area contributed by atoms with Crippen molar-refractivity contribution in [2.45, 2.75) is 44.1 Å². The fraction of sp³-hybridized carbons (Fsp3) is 0.250. The molecule has 0 saturated heterocycles. The van der Waals surface area contributed by atoms with E-state index in [2.05, 4.69) is 0 Å². The summed E-state index contributed by atoms with van der Waals surface area (Å²) in [7, 11) is 0. The molecule has 6 heteroatoms. The number of aromatic hydroxyl groups is 1. The second kappa shape index (κ2) is 8.29. The first kappa shape index (κ1) is 22.2. The highest BCUT2D eigenvalue weighted by Gasteiger charge is 2.34. The third kappa shape index (κ3) is 3.84. The van der Waals surface area contributed by atoms with E-state index in [0.29, 0.717) is 23.9 Å². The Kier molecular flexibility index (Phi) is 5.41. The Bertz CT molecular complexity index is 1380. The van der Waals surface area contributed by atoms with E-state index in [9.17, 15) is 24.5 Å². The molecule has 0 amide bonds. The highest BCUT2D eigenvalue weighted by molar-refractivity contribution is 6.03. The minimum atomic E-state index is -1.01. The van der Waals surface area contributed by atoms with E-state index >= 15 is 0 Å². The molecule has 5 nitrogen and oxygen atoms in total. The van der Waals surface area contributed by atoms with E-state index in [1.54, 1.807) is 42.5 Å². The highest BCUT2D eigenvalue weighted by atomic mass is 19.1. The fourth-order valence-corrected chi connectivity index (χ4v) is 5.21. The van der Waals surface area contributed by atoms with Crippen LogP contribution in [0.1, 0.15) is 54.6 Å². The molecular weight excluding hydrogens is 433 g/mol. The summed E-state index contributed by atoms with van der Waals surface area (Å²) in [5.41, 5.74) is 3.36. The number of phenols is 1. The maximum Gasteiger partial charge on any atom is 0.335 e. The van der Waals surface area contributed by atoms with Crippen LogP contribution in [0, 0.1) is 5.82 Å². The van der Waals surface area contributed by atoms with Crippen LogP contribution >= 0.6 is 0 Å². The number of benzene rings is 3. The Morgan fingerprint density at radius 3 is 2.35 bits per heavy atom. The number of carboxylic acids is 1. The number of aromatic nitrogens is 1. The molecule has 1 aliphatic rings. The van der Waals surface area contributed by atoms with Crippen molar-refractivity contribution in [1.29, 1.82) is 0 Å². The van der Waals surface area contributed by atoms with Crippen LogP contribution in [-0.4, -0.2) is 31.5 Å². The number of halogens is 1. The molecule has 0 spiro atoms. The zero-order chi connectivity index (χ0) is 24.0. The van der Waals surface area contributed by atoms with Gasteiger partial charge in [-0.25, -0.2) is 9.18 Å². The predicted molar refractivity (Wildman–Crippen MR) is 129 cm³/mol. The summed E-state index contributed by atoms with van der Waals surface area (Å²) in [6.07, 6.45) is 2.73. The molecule has 0 bridgehead atoms. The first-order valence-corrected chi connectivity index (χ1v) is 11.4. The third-order valence-electron chi connectivity index (χ3n) is 6.94. The summed E-state index contributed by atoms with van der Waals surface area (Å²) in [5, 5.41) is 31.5. The van der Waals surface area contributed by atoms with Gasteiger partial charge in [0.05, 0.1) is 16.7 Å². The standard InChI is InChI=1S/C28H26FNO4/c1-28(34)14-12-18(13-15-28)26-24(17-8-10-19(11-9-17)27(32)33)25-22(6-3-7-23(25)31)30(26)21-5-2-4-20(29)16-21/h2-11,16,18,31,34H,12-15H2,1H3,(H,32,33). The summed E-state index contributed by atoms with van der Waals surface area (Å²) in [5.74, 6) is -1.20. The monoisotopic (exact) mass is 459 g/mol. The van der Waals surface area contributed by atoms with Crippen molar-refractivity contribution in [3.63, 3.8) is 0 Å². The lowest BCUT2D eigenvalue weighted by atomic mass is 9.77. The summed E-state index contributed by atoms with van der Waals surface area (Å²) in [6, 6.07) is 18.3. The van der Waals surface area contributed by atoms with E-state index in [0.717, 1.165) is 35.2 Å². The molecule has 0 atom stereocenters. The second-order valence-electron chi connectivity index (χ2n) is 9.40. The Morgan fingerprint density at radius 2 is 1.71 bits per heavy atom. The molecule has 3 aromatic carbocycles. The lowest BCUT2D eigenvalue weighted by Gasteiger charge is -2.34. The normalized spacial score (nSPS) is 20.5. The van der Waals surface area contributed by atoms with Gasteiger partial charge in [-0.3, -0.25) is 0 Å². The van der Waals surface area contributed by atoms with E-state index in [-0.39, 0.29) is 23.0 Å². The number of aliphatic hydroxyl groups is 1. The molecule has 0 radical (unpaired) electrons. The minimum Gasteiger partial charge on any atom is -0.507 e. The topological polar surface area (TPSA) is 82.7 Å². The Morgan fingerprint density at radius 1 is 1.03 bits per heavy atom. The Labute approximate surface area is 196 Å². The van der Waals surface area contributed by atoms with Crippen molar-refractivity contribution in [1.82, 2.24) is 4.57 Å². The number of rotatable bonds is 4. The molecule has 0 aliphatic heterocycles. The lowest BCUT2D eigenvalue weighted by molar-refractivity contribution is 0.0167. The molecule has 3 N–H and O–H groups in total. The average molecular weight is 460 g/mol. The zero-order valence-corrected chi connectivity index (χ0v) is 18.8. The third-order valence-corrected chi connectivity index (χ3v) is 6.94. The van der Waals surface area contributed by atoms with Gasteiger partial charge in [0.1, 0.15) is 11.6 Å². The molecule has 1 aliphatic carbocycles. The smallest absolute Gasteiger partial charge is 0.335 e. The Balaban J connectivity index is 1.83. The van der Waals surface area contributed by atoms with Gasteiger partial charge in [-0.05, 0) is 80.6 Å². The fourth-order valence-electron chi connectivity index (χ4n) is 5.21. The average Bonchev–Trinajstić information content (AvgIpc) is 3.15. The number of aromatic carboxylic acids is 1. The van der Waals surface area contributed by atoms with Crippen molar-refractivity contribution in [2.75, 3.05) is 0 Å². The van der Waals surface area contributed by atoms with Crippen LogP contribution in [0.3, 0.4) is 0 Å². The SMILES string of the molecule is CC1(O)CCC(c2c(-c3ccc(C(=O)O)cc3)c3c(O)cccc3n2-c2cccc(F)c2)CC1. The number of carboxylic acid groups (broad SMARTS) is 1. The van der Waals surface area contributed by atoms with E-state index in [4.69, 9.17) is 0 Å². The van der Waals surface area contributed by atoms with Gasteiger partial charge in [0.15, 0.2) is 0 Å². The van der Waals surface area contributed by atoms with Crippen molar-refractivity contribution in [2.24, 2.45) is 0 Å². The van der Waals surface area contributed by atoms with Gasteiger partial charge < -0.3 is 19.9 Å². The van der Waals surface area contributed by atoms with Gasteiger partial charge in [-0.1, -0.05) is 24.3 Å². The number of hydrogen-bond donors (Lipinski definition) is 3. The first-order chi connectivity index (χ1) is 16.2. The van der Waals surface area contributed by atoms with Crippen LogP contribution in [0.5, 0.6) is 5.75 Å². The van der Waals surface area contributed by atoms with Gasteiger partial charge >= 0.3 is 5.97 Å². The van der Waals surface area contributed by atoms with E-state index in [1.807, 2.05) is 23.6 Å². The van der Waals surface area contributed by atoms with Crippen LogP contribution in [0.2, 0.25) is 0 Å². The largest absolute Gasteiger partial charge is 0.507 e. The minimum absolute atomic E-state index is 0.0597. The van der Waals surface area contributed by atoms with Gasteiger partial charge in [0.25, 0.3) is 0 Å². The van der Waals surface area contributed by atoms with Gasteiger partial charge in [-0.15, -0.1) is 0 Å². The molecule has 174 valence electrons. The lowest BCUT2D eigenvalue weighted by Crippen LogP contribution is -2.30. The van der Waals surface area contributed by atoms with Crippen LogP contribution in [0.15, 0.2) is 66.7 Å². The summed E-state index contributed by atoms with van der Waals surface area (Å²) in [4.78, 5) is 11.4. The van der Waals surface area contributed by atoms with Crippen molar-refractivity contribution >= 4 is 16.9 Å². The molecular formula is C28H26FNO4. The molecule has 1 heterocycles. The molecule has 5 rings (SSSR count). The number of hydrogen-bond acceptors (Lipinski definition) is 3. The van der Waals surface area contributed by atoms with Crippen molar-refractivity contribution in [3.05, 3.63) is 83.8 Å². The first-order valence-electron chi connectivity index (χ1n) is 11.4. The van der Waals surface area contributed by atoms with E-state index in [1.165, 1.54) is 12.1 Å². The molecule has 34 heavy (non-hydrogen) atoms. The molecule has 1 fully saturated rings.